The van der Waals surface area contributed by atoms with Gasteiger partial charge in [-0.1, -0.05) is 12.1 Å². The van der Waals surface area contributed by atoms with Crippen LogP contribution in [0.2, 0.25) is 0 Å². The van der Waals surface area contributed by atoms with Crippen molar-refractivity contribution in [2.24, 2.45) is 7.05 Å². The summed E-state index contributed by atoms with van der Waals surface area (Å²) in [4.78, 5) is 23.7. The number of aryl methyl sites for hydroxylation is 1. The molecule has 0 spiro atoms. The molecule has 0 aliphatic rings. The minimum Gasteiger partial charge on any atom is -0.324 e. The average molecular weight is 328 g/mol. The summed E-state index contributed by atoms with van der Waals surface area (Å²) in [6, 6.07) is 5.28. The van der Waals surface area contributed by atoms with Crippen molar-refractivity contribution < 1.29 is 18.0 Å². The van der Waals surface area contributed by atoms with E-state index in [9.17, 15) is 22.8 Å². The second-order valence-corrected chi connectivity index (χ2v) is 5.12. The van der Waals surface area contributed by atoms with E-state index in [1.54, 1.807) is 19.1 Å². The van der Waals surface area contributed by atoms with Gasteiger partial charge in [0.2, 0.25) is 11.7 Å². The third-order valence-electron chi connectivity index (χ3n) is 3.47. The van der Waals surface area contributed by atoms with Gasteiger partial charge in [-0.15, -0.1) is 5.10 Å². The van der Waals surface area contributed by atoms with Crippen LogP contribution in [0.15, 0.2) is 23.0 Å². The molecule has 0 unspecified atom stereocenters. The first-order valence-electron chi connectivity index (χ1n) is 6.68. The van der Waals surface area contributed by atoms with Gasteiger partial charge in [0.05, 0.1) is 0 Å². The van der Waals surface area contributed by atoms with E-state index in [0.717, 1.165) is 18.2 Å². The van der Waals surface area contributed by atoms with Gasteiger partial charge in [0.1, 0.15) is 6.54 Å². The number of hydrogen-bond acceptors (Lipinski definition) is 3. The second kappa shape index (κ2) is 5.90. The molecule has 0 aliphatic heterocycles. The quantitative estimate of drug-likeness (QED) is 0.935. The molecule has 23 heavy (non-hydrogen) atoms. The number of nitrogens with zero attached hydrogens (tertiary/aromatic N) is 3. The van der Waals surface area contributed by atoms with Gasteiger partial charge in [0, 0.05) is 12.7 Å². The molecule has 1 heterocycles. The molecule has 0 radical (unpaired) electrons. The fourth-order valence-corrected chi connectivity index (χ4v) is 2.05. The van der Waals surface area contributed by atoms with Gasteiger partial charge in [-0.05, 0) is 31.0 Å². The Bertz CT molecular complexity index is 805. The van der Waals surface area contributed by atoms with Crippen LogP contribution >= 0.6 is 0 Å². The largest absolute Gasteiger partial charge is 0.451 e. The molecule has 1 aromatic carbocycles. The lowest BCUT2D eigenvalue weighted by Crippen LogP contribution is -2.29. The highest BCUT2D eigenvalue weighted by atomic mass is 19.4. The third kappa shape index (κ3) is 3.43. The SMILES string of the molecule is Cc1cccc(NC(=O)Cn2nc(C(F)(F)F)n(C)c2=O)c1C. The molecule has 6 nitrogen and oxygen atoms in total. The van der Waals surface area contributed by atoms with E-state index in [4.69, 9.17) is 0 Å². The van der Waals surface area contributed by atoms with Crippen LogP contribution in [0, 0.1) is 13.8 Å². The molecule has 1 amide bonds. The van der Waals surface area contributed by atoms with E-state index in [1.807, 2.05) is 13.0 Å². The molecular formula is C14H15F3N4O2. The summed E-state index contributed by atoms with van der Waals surface area (Å²) < 4.78 is 38.9. The van der Waals surface area contributed by atoms with Gasteiger partial charge < -0.3 is 5.32 Å². The van der Waals surface area contributed by atoms with Crippen molar-refractivity contribution >= 4 is 11.6 Å². The highest BCUT2D eigenvalue weighted by Crippen LogP contribution is 2.26. The van der Waals surface area contributed by atoms with Gasteiger partial charge >= 0.3 is 11.9 Å². The normalized spacial score (nSPS) is 11.6. The number of anilines is 1. The van der Waals surface area contributed by atoms with Crippen molar-refractivity contribution in [3.63, 3.8) is 0 Å². The smallest absolute Gasteiger partial charge is 0.324 e. The number of rotatable bonds is 3. The summed E-state index contributed by atoms with van der Waals surface area (Å²) >= 11 is 0. The summed E-state index contributed by atoms with van der Waals surface area (Å²) in [7, 11) is 0.956. The zero-order chi connectivity index (χ0) is 17.4. The Balaban J connectivity index is 2.21. The third-order valence-corrected chi connectivity index (χ3v) is 3.47. The number of nitrogens with one attached hydrogen (secondary N) is 1. The fourth-order valence-electron chi connectivity index (χ4n) is 2.05. The van der Waals surface area contributed by atoms with Crippen molar-refractivity contribution in [1.82, 2.24) is 14.3 Å². The van der Waals surface area contributed by atoms with E-state index in [-0.39, 0.29) is 0 Å². The molecule has 0 aliphatic carbocycles. The maximum Gasteiger partial charge on any atom is 0.451 e. The highest BCUT2D eigenvalue weighted by Gasteiger charge is 2.38. The topological polar surface area (TPSA) is 68.9 Å². The van der Waals surface area contributed by atoms with Crippen molar-refractivity contribution in [3.8, 4) is 0 Å². The van der Waals surface area contributed by atoms with Crippen LogP contribution < -0.4 is 11.0 Å². The minimum absolute atomic E-state index is 0.366. The number of carbonyl (C=O) groups excluding carboxylic acids is 1. The number of benzene rings is 1. The van der Waals surface area contributed by atoms with Crippen molar-refractivity contribution in [2.45, 2.75) is 26.6 Å². The summed E-state index contributed by atoms with van der Waals surface area (Å²) in [6.07, 6.45) is -4.76. The number of aromatic nitrogens is 3. The molecule has 1 aromatic heterocycles. The maximum absolute atomic E-state index is 12.7. The summed E-state index contributed by atoms with van der Waals surface area (Å²) in [5.41, 5.74) is 1.32. The van der Waals surface area contributed by atoms with Crippen LogP contribution in [0.25, 0.3) is 0 Å². The molecule has 2 aromatic rings. The molecule has 0 atom stereocenters. The van der Waals surface area contributed by atoms with Crippen LogP contribution in [0.1, 0.15) is 17.0 Å². The van der Waals surface area contributed by atoms with Gasteiger partial charge in [-0.3, -0.25) is 9.36 Å². The summed E-state index contributed by atoms with van der Waals surface area (Å²) in [6.45, 7) is 3.07. The Morgan fingerprint density at radius 3 is 2.52 bits per heavy atom. The predicted molar refractivity (Wildman–Crippen MR) is 77.0 cm³/mol. The molecule has 0 fully saturated rings. The minimum atomic E-state index is -4.76. The Hall–Kier alpha value is -2.58. The Morgan fingerprint density at radius 1 is 1.30 bits per heavy atom. The van der Waals surface area contributed by atoms with Crippen LogP contribution in [0.3, 0.4) is 0 Å². The molecule has 0 saturated carbocycles. The first-order valence-corrected chi connectivity index (χ1v) is 6.68. The number of halogens is 3. The molecule has 9 heteroatoms. The first-order chi connectivity index (χ1) is 10.6. The van der Waals surface area contributed by atoms with E-state index in [0.29, 0.717) is 14.9 Å². The van der Waals surface area contributed by atoms with Crippen molar-refractivity contribution in [3.05, 3.63) is 45.6 Å². The summed E-state index contributed by atoms with van der Waals surface area (Å²) in [5, 5.41) is 5.75. The van der Waals surface area contributed by atoms with Crippen molar-refractivity contribution in [2.75, 3.05) is 5.32 Å². The highest BCUT2D eigenvalue weighted by molar-refractivity contribution is 5.91. The lowest BCUT2D eigenvalue weighted by atomic mass is 10.1. The predicted octanol–water partition coefficient (Wildman–Crippen LogP) is 1.86. The van der Waals surface area contributed by atoms with Gasteiger partial charge in [0.25, 0.3) is 0 Å². The van der Waals surface area contributed by atoms with E-state index in [1.165, 1.54) is 0 Å². The number of carbonyl (C=O) groups is 1. The van der Waals surface area contributed by atoms with E-state index in [2.05, 4.69) is 10.4 Å². The zero-order valence-electron chi connectivity index (χ0n) is 12.7. The lowest BCUT2D eigenvalue weighted by Gasteiger charge is -2.10. The fraction of sp³-hybridized carbons (Fsp3) is 0.357. The molecule has 0 saturated heterocycles. The monoisotopic (exact) mass is 328 g/mol. The number of hydrogen-bond donors (Lipinski definition) is 1. The van der Waals surface area contributed by atoms with E-state index >= 15 is 0 Å². The molecule has 0 bridgehead atoms. The zero-order valence-corrected chi connectivity index (χ0v) is 12.7. The number of amides is 1. The Morgan fingerprint density at radius 2 is 1.96 bits per heavy atom. The lowest BCUT2D eigenvalue weighted by molar-refractivity contribution is -0.147. The standard InChI is InChI=1S/C14H15F3N4O2/c1-8-5-4-6-10(9(8)2)18-11(22)7-21-13(23)20(3)12(19-21)14(15,16)17/h4-6H,7H2,1-3H3,(H,18,22). The Labute approximate surface area is 129 Å². The average Bonchev–Trinajstić information content (AvgIpc) is 2.72. The molecule has 1 N–H and O–H groups in total. The second-order valence-electron chi connectivity index (χ2n) is 5.12. The maximum atomic E-state index is 12.7. The van der Waals surface area contributed by atoms with Crippen LogP contribution in [0.4, 0.5) is 18.9 Å². The number of alkyl halides is 3. The van der Waals surface area contributed by atoms with E-state index < -0.39 is 30.1 Å². The molecule has 2 rings (SSSR count). The van der Waals surface area contributed by atoms with Gasteiger partial charge in [-0.2, -0.15) is 13.2 Å². The van der Waals surface area contributed by atoms with Crippen molar-refractivity contribution in [1.29, 1.82) is 0 Å². The van der Waals surface area contributed by atoms with Crippen LogP contribution in [-0.2, 0) is 24.6 Å². The Kier molecular flexibility index (Phi) is 4.31. The van der Waals surface area contributed by atoms with Crippen LogP contribution in [-0.4, -0.2) is 20.3 Å². The van der Waals surface area contributed by atoms with Gasteiger partial charge in [-0.25, -0.2) is 9.48 Å². The van der Waals surface area contributed by atoms with Gasteiger partial charge in [0.15, 0.2) is 0 Å². The first kappa shape index (κ1) is 16.8. The van der Waals surface area contributed by atoms with Crippen LogP contribution in [0.5, 0.6) is 0 Å². The molecular weight excluding hydrogens is 313 g/mol. The summed E-state index contributed by atoms with van der Waals surface area (Å²) in [5.74, 6) is -1.98. The molecule has 124 valence electrons.